The first kappa shape index (κ1) is 12.0. The summed E-state index contributed by atoms with van der Waals surface area (Å²) < 4.78 is 38.2. The van der Waals surface area contributed by atoms with Crippen molar-refractivity contribution >= 4 is 21.9 Å². The molecule has 0 aliphatic heterocycles. The highest BCUT2D eigenvalue weighted by Crippen LogP contribution is 2.29. The van der Waals surface area contributed by atoms with Gasteiger partial charge in [-0.3, -0.25) is 0 Å². The fraction of sp³-hybridized carbons (Fsp3) is 0.125. The number of hydrogen-bond acceptors (Lipinski definition) is 2. The number of carboxylic acid groups (broad SMARTS) is 1. The Labute approximate surface area is 90.3 Å². The van der Waals surface area contributed by atoms with Gasteiger partial charge in [0.1, 0.15) is 17.5 Å². The molecule has 0 spiro atoms. The second-order valence-corrected chi connectivity index (χ2v) is 3.42. The average molecular weight is 285 g/mol. The van der Waals surface area contributed by atoms with Gasteiger partial charge in [-0.1, -0.05) is 0 Å². The number of benzene rings is 1. The Morgan fingerprint density at radius 2 is 1.87 bits per heavy atom. The predicted molar refractivity (Wildman–Crippen MR) is 46.6 cm³/mol. The Kier molecular flexibility index (Phi) is 3.35. The number of hydrogen-bond donors (Lipinski definition) is 2. The Bertz CT molecular complexity index is 422. The van der Waals surface area contributed by atoms with Crippen LogP contribution < -0.4 is 0 Å². The van der Waals surface area contributed by atoms with Gasteiger partial charge in [0.25, 0.3) is 0 Å². The molecule has 82 valence electrons. The van der Waals surface area contributed by atoms with Gasteiger partial charge in [0.05, 0.1) is 10.0 Å². The Morgan fingerprint density at radius 3 is 2.33 bits per heavy atom. The van der Waals surface area contributed by atoms with Crippen LogP contribution in [0.5, 0.6) is 0 Å². The van der Waals surface area contributed by atoms with E-state index in [9.17, 15) is 18.0 Å². The van der Waals surface area contributed by atoms with E-state index >= 15 is 0 Å². The highest BCUT2D eigenvalue weighted by molar-refractivity contribution is 9.10. The van der Waals surface area contributed by atoms with Crippen LogP contribution in [0, 0.1) is 17.5 Å². The molecule has 1 unspecified atom stereocenters. The molecule has 0 aliphatic rings. The minimum Gasteiger partial charge on any atom is -0.479 e. The van der Waals surface area contributed by atoms with Crippen molar-refractivity contribution in [2.75, 3.05) is 0 Å². The third-order valence-corrected chi connectivity index (χ3v) is 2.38. The molecule has 0 fully saturated rings. The maximum absolute atomic E-state index is 13.2. The van der Waals surface area contributed by atoms with Gasteiger partial charge in [0.15, 0.2) is 6.10 Å². The standard InChI is InChI=1S/C8H4BrF3O3/c9-5-3(11)1-2(10)4(6(5)12)7(13)8(14)15/h1,7,13H,(H,14,15). The Morgan fingerprint density at radius 1 is 1.33 bits per heavy atom. The molecule has 0 saturated heterocycles. The molecule has 0 radical (unpaired) electrons. The monoisotopic (exact) mass is 284 g/mol. The summed E-state index contributed by atoms with van der Waals surface area (Å²) in [6.07, 6.45) is -2.37. The maximum Gasteiger partial charge on any atom is 0.337 e. The van der Waals surface area contributed by atoms with E-state index in [2.05, 4.69) is 15.9 Å². The lowest BCUT2D eigenvalue weighted by atomic mass is 10.1. The highest BCUT2D eigenvalue weighted by Gasteiger charge is 2.27. The predicted octanol–water partition coefficient (Wildman–Crippen LogP) is 1.98. The summed E-state index contributed by atoms with van der Waals surface area (Å²) >= 11 is 2.46. The van der Waals surface area contributed by atoms with Crippen LogP contribution in [0.2, 0.25) is 0 Å². The quantitative estimate of drug-likeness (QED) is 0.645. The molecule has 1 aromatic rings. The van der Waals surface area contributed by atoms with Crippen LogP contribution in [0.15, 0.2) is 10.5 Å². The number of carboxylic acids is 1. The van der Waals surface area contributed by atoms with Crippen molar-refractivity contribution in [3.05, 3.63) is 33.6 Å². The largest absolute Gasteiger partial charge is 0.479 e. The van der Waals surface area contributed by atoms with Crippen LogP contribution in [0.25, 0.3) is 0 Å². The minimum absolute atomic E-state index is 0.286. The fourth-order valence-electron chi connectivity index (χ4n) is 0.954. The van der Waals surface area contributed by atoms with Crippen LogP contribution in [0.3, 0.4) is 0 Å². The lowest BCUT2D eigenvalue weighted by molar-refractivity contribution is -0.147. The summed E-state index contributed by atoms with van der Waals surface area (Å²) in [6, 6.07) is 0.286. The van der Waals surface area contributed by atoms with E-state index in [1.807, 2.05) is 0 Å². The van der Waals surface area contributed by atoms with Gasteiger partial charge in [-0.25, -0.2) is 18.0 Å². The van der Waals surface area contributed by atoms with Crippen LogP contribution in [0.1, 0.15) is 11.7 Å². The van der Waals surface area contributed by atoms with Crippen LogP contribution in [-0.4, -0.2) is 16.2 Å². The molecular weight excluding hydrogens is 281 g/mol. The van der Waals surface area contributed by atoms with E-state index in [-0.39, 0.29) is 6.07 Å². The lowest BCUT2D eigenvalue weighted by Crippen LogP contribution is -2.15. The molecule has 0 bridgehead atoms. The summed E-state index contributed by atoms with van der Waals surface area (Å²) in [5.74, 6) is -5.97. The zero-order valence-corrected chi connectivity index (χ0v) is 8.56. The molecule has 0 aliphatic carbocycles. The summed E-state index contributed by atoms with van der Waals surface area (Å²) in [7, 11) is 0. The van der Waals surface area contributed by atoms with Gasteiger partial charge in [0, 0.05) is 6.07 Å². The van der Waals surface area contributed by atoms with Crippen LogP contribution in [-0.2, 0) is 4.79 Å². The lowest BCUT2D eigenvalue weighted by Gasteiger charge is -2.10. The van der Waals surface area contributed by atoms with Gasteiger partial charge in [-0.05, 0) is 15.9 Å². The zero-order valence-electron chi connectivity index (χ0n) is 6.97. The van der Waals surface area contributed by atoms with E-state index in [0.717, 1.165) is 0 Å². The van der Waals surface area contributed by atoms with Crippen LogP contribution in [0.4, 0.5) is 13.2 Å². The van der Waals surface area contributed by atoms with Crippen molar-refractivity contribution in [3.8, 4) is 0 Å². The second kappa shape index (κ2) is 4.19. The van der Waals surface area contributed by atoms with Crippen molar-refractivity contribution < 1.29 is 28.2 Å². The Balaban J connectivity index is 3.42. The van der Waals surface area contributed by atoms with Gasteiger partial charge in [-0.15, -0.1) is 0 Å². The fourth-order valence-corrected chi connectivity index (χ4v) is 1.28. The first-order valence-corrected chi connectivity index (χ1v) is 4.39. The van der Waals surface area contributed by atoms with Gasteiger partial charge in [-0.2, -0.15) is 0 Å². The minimum atomic E-state index is -2.37. The smallest absolute Gasteiger partial charge is 0.337 e. The summed E-state index contributed by atoms with van der Waals surface area (Å²) in [6.45, 7) is 0. The summed E-state index contributed by atoms with van der Waals surface area (Å²) in [4.78, 5) is 10.3. The summed E-state index contributed by atoms with van der Waals surface area (Å²) in [5.41, 5.74) is -1.10. The highest BCUT2D eigenvalue weighted by atomic mass is 79.9. The molecule has 0 aromatic heterocycles. The van der Waals surface area contributed by atoms with Crippen molar-refractivity contribution in [1.29, 1.82) is 0 Å². The molecule has 3 nitrogen and oxygen atoms in total. The van der Waals surface area contributed by atoms with Gasteiger partial charge < -0.3 is 10.2 Å². The molecular formula is C8H4BrF3O3. The third kappa shape index (κ3) is 2.13. The topological polar surface area (TPSA) is 57.5 Å². The third-order valence-electron chi connectivity index (χ3n) is 1.66. The Hall–Kier alpha value is -1.08. The van der Waals surface area contributed by atoms with Gasteiger partial charge >= 0.3 is 5.97 Å². The number of carbonyl (C=O) groups is 1. The first-order chi connectivity index (χ1) is 6.86. The van der Waals surface area contributed by atoms with Crippen molar-refractivity contribution in [3.63, 3.8) is 0 Å². The number of rotatable bonds is 2. The van der Waals surface area contributed by atoms with E-state index in [1.165, 1.54) is 0 Å². The van der Waals surface area contributed by atoms with Gasteiger partial charge in [0.2, 0.25) is 0 Å². The van der Waals surface area contributed by atoms with Crippen molar-refractivity contribution in [2.24, 2.45) is 0 Å². The molecule has 15 heavy (non-hydrogen) atoms. The molecule has 0 heterocycles. The zero-order chi connectivity index (χ0) is 11.7. The van der Waals surface area contributed by atoms with E-state index < -0.39 is 39.6 Å². The molecule has 0 saturated carbocycles. The van der Waals surface area contributed by atoms with E-state index in [4.69, 9.17) is 10.2 Å². The second-order valence-electron chi connectivity index (χ2n) is 2.62. The molecule has 0 amide bonds. The van der Waals surface area contributed by atoms with Crippen LogP contribution >= 0.6 is 15.9 Å². The summed E-state index contributed by atoms with van der Waals surface area (Å²) in [5, 5.41) is 17.3. The number of aliphatic carboxylic acids is 1. The SMILES string of the molecule is O=C(O)C(O)c1c(F)cc(F)c(Br)c1F. The number of aliphatic hydroxyl groups is 1. The average Bonchev–Trinajstić information content (AvgIpc) is 2.14. The maximum atomic E-state index is 13.2. The molecule has 1 atom stereocenters. The van der Waals surface area contributed by atoms with Crippen molar-refractivity contribution in [1.82, 2.24) is 0 Å². The molecule has 7 heteroatoms. The number of halogens is 4. The molecule has 1 rings (SSSR count). The van der Waals surface area contributed by atoms with E-state index in [0.29, 0.717) is 0 Å². The van der Waals surface area contributed by atoms with Crippen molar-refractivity contribution in [2.45, 2.75) is 6.10 Å². The number of aliphatic hydroxyl groups excluding tert-OH is 1. The van der Waals surface area contributed by atoms with E-state index in [1.54, 1.807) is 0 Å². The molecule has 1 aromatic carbocycles. The molecule has 2 N–H and O–H groups in total. The first-order valence-electron chi connectivity index (χ1n) is 3.60. The normalized spacial score (nSPS) is 12.6.